The Hall–Kier alpha value is -3.48. The van der Waals surface area contributed by atoms with Crippen LogP contribution in [0.15, 0.2) is 42.5 Å². The second kappa shape index (κ2) is 8.68. The summed E-state index contributed by atoms with van der Waals surface area (Å²) in [5.41, 5.74) is 4.26. The van der Waals surface area contributed by atoms with Gasteiger partial charge in [-0.2, -0.15) is 5.10 Å². The summed E-state index contributed by atoms with van der Waals surface area (Å²) in [5.74, 6) is 1.58. The fourth-order valence-corrected chi connectivity index (χ4v) is 3.15. The zero-order valence-corrected chi connectivity index (χ0v) is 17.3. The molecular formula is C22H25N3O4. The van der Waals surface area contributed by atoms with Gasteiger partial charge in [0.05, 0.1) is 32.7 Å². The van der Waals surface area contributed by atoms with Crippen molar-refractivity contribution in [3.63, 3.8) is 0 Å². The molecule has 2 aromatic carbocycles. The summed E-state index contributed by atoms with van der Waals surface area (Å²) in [6.07, 6.45) is 0. The number of aryl methyl sites for hydroxylation is 2. The molecule has 29 heavy (non-hydrogen) atoms. The Kier molecular flexibility index (Phi) is 6.07. The van der Waals surface area contributed by atoms with Crippen molar-refractivity contribution < 1.29 is 19.0 Å². The number of nitrogens with zero attached hydrogens (tertiary/aromatic N) is 2. The van der Waals surface area contributed by atoms with Gasteiger partial charge in [0.15, 0.2) is 11.5 Å². The zero-order chi connectivity index (χ0) is 21.0. The van der Waals surface area contributed by atoms with Gasteiger partial charge >= 0.3 is 0 Å². The van der Waals surface area contributed by atoms with Gasteiger partial charge in [0.1, 0.15) is 5.75 Å². The molecule has 0 spiro atoms. The van der Waals surface area contributed by atoms with Crippen molar-refractivity contribution in [3.8, 4) is 22.9 Å². The van der Waals surface area contributed by atoms with Crippen LogP contribution in [-0.2, 0) is 6.54 Å². The van der Waals surface area contributed by atoms with Gasteiger partial charge in [-0.15, -0.1) is 0 Å². The highest BCUT2D eigenvalue weighted by molar-refractivity contribution is 5.94. The number of hydrogen-bond donors (Lipinski definition) is 1. The van der Waals surface area contributed by atoms with Crippen LogP contribution in [0.25, 0.3) is 5.69 Å². The van der Waals surface area contributed by atoms with Crippen molar-refractivity contribution in [3.05, 3.63) is 65.0 Å². The predicted octanol–water partition coefficient (Wildman–Crippen LogP) is 3.44. The Morgan fingerprint density at radius 1 is 0.931 bits per heavy atom. The van der Waals surface area contributed by atoms with E-state index < -0.39 is 0 Å². The summed E-state index contributed by atoms with van der Waals surface area (Å²) in [6, 6.07) is 12.9. The maximum atomic E-state index is 12.6. The summed E-state index contributed by atoms with van der Waals surface area (Å²) in [5, 5.41) is 7.38. The summed E-state index contributed by atoms with van der Waals surface area (Å²) in [4.78, 5) is 12.6. The molecule has 1 heterocycles. The molecule has 1 amide bonds. The standard InChI is InChI=1S/C22H25N3O4/c1-14-10-15(2)25(24-14)18-8-6-16(7-9-18)22(26)23-13-17-11-20(28-4)21(29-5)12-19(17)27-3/h6-12H,13H2,1-5H3,(H,23,26). The highest BCUT2D eigenvalue weighted by Crippen LogP contribution is 2.34. The number of methoxy groups -OCH3 is 3. The molecule has 7 nitrogen and oxygen atoms in total. The number of benzene rings is 2. The second-order valence-electron chi connectivity index (χ2n) is 6.59. The summed E-state index contributed by atoms with van der Waals surface area (Å²) in [6.45, 7) is 4.24. The Labute approximate surface area is 170 Å². The highest BCUT2D eigenvalue weighted by atomic mass is 16.5. The fourth-order valence-electron chi connectivity index (χ4n) is 3.15. The quantitative estimate of drug-likeness (QED) is 0.663. The molecule has 0 radical (unpaired) electrons. The highest BCUT2D eigenvalue weighted by Gasteiger charge is 2.14. The lowest BCUT2D eigenvalue weighted by Gasteiger charge is -2.14. The van der Waals surface area contributed by atoms with Crippen LogP contribution in [0.5, 0.6) is 17.2 Å². The summed E-state index contributed by atoms with van der Waals surface area (Å²) >= 11 is 0. The van der Waals surface area contributed by atoms with Gasteiger partial charge in [-0.25, -0.2) is 4.68 Å². The smallest absolute Gasteiger partial charge is 0.251 e. The molecule has 0 saturated heterocycles. The van der Waals surface area contributed by atoms with Gasteiger partial charge in [0.2, 0.25) is 0 Å². The Balaban J connectivity index is 1.73. The molecule has 152 valence electrons. The molecule has 3 aromatic rings. The molecule has 0 bridgehead atoms. The second-order valence-corrected chi connectivity index (χ2v) is 6.59. The largest absolute Gasteiger partial charge is 0.496 e. The molecule has 0 unspecified atom stereocenters. The average Bonchev–Trinajstić information content (AvgIpc) is 3.09. The van der Waals surface area contributed by atoms with Crippen molar-refractivity contribution in [1.29, 1.82) is 0 Å². The van der Waals surface area contributed by atoms with E-state index in [4.69, 9.17) is 14.2 Å². The number of aromatic nitrogens is 2. The summed E-state index contributed by atoms with van der Waals surface area (Å²) < 4.78 is 17.9. The minimum atomic E-state index is -0.179. The van der Waals surface area contributed by atoms with E-state index in [0.29, 0.717) is 29.4 Å². The van der Waals surface area contributed by atoms with Gasteiger partial charge in [-0.1, -0.05) is 0 Å². The number of rotatable bonds is 7. The molecule has 0 aliphatic carbocycles. The monoisotopic (exact) mass is 395 g/mol. The van der Waals surface area contributed by atoms with E-state index in [-0.39, 0.29) is 5.91 Å². The number of hydrogen-bond acceptors (Lipinski definition) is 5. The number of amides is 1. The lowest BCUT2D eigenvalue weighted by Crippen LogP contribution is -2.23. The van der Waals surface area contributed by atoms with Gasteiger partial charge in [0, 0.05) is 29.4 Å². The van der Waals surface area contributed by atoms with Crippen molar-refractivity contribution >= 4 is 5.91 Å². The van der Waals surface area contributed by atoms with E-state index in [9.17, 15) is 4.79 Å². The van der Waals surface area contributed by atoms with E-state index in [2.05, 4.69) is 10.4 Å². The van der Waals surface area contributed by atoms with Gasteiger partial charge in [-0.3, -0.25) is 4.79 Å². The number of carbonyl (C=O) groups excluding carboxylic acids is 1. The van der Waals surface area contributed by atoms with E-state index in [1.807, 2.05) is 36.7 Å². The Bertz CT molecular complexity index is 1010. The SMILES string of the molecule is COc1cc(OC)c(OC)cc1CNC(=O)c1ccc(-n2nc(C)cc2C)cc1. The molecule has 3 rings (SSSR count). The lowest BCUT2D eigenvalue weighted by molar-refractivity contribution is 0.0950. The number of ether oxygens (including phenoxy) is 3. The molecular weight excluding hydrogens is 370 g/mol. The van der Waals surface area contributed by atoms with E-state index in [1.54, 1.807) is 45.6 Å². The topological polar surface area (TPSA) is 74.6 Å². The molecule has 0 aliphatic rings. The van der Waals surface area contributed by atoms with E-state index in [0.717, 1.165) is 22.6 Å². The lowest BCUT2D eigenvalue weighted by atomic mass is 10.1. The molecule has 0 atom stereocenters. The van der Waals surface area contributed by atoms with Crippen molar-refractivity contribution in [1.82, 2.24) is 15.1 Å². The first-order valence-corrected chi connectivity index (χ1v) is 9.17. The molecule has 0 aliphatic heterocycles. The minimum Gasteiger partial charge on any atom is -0.496 e. The van der Waals surface area contributed by atoms with Crippen LogP contribution in [0.3, 0.4) is 0 Å². The first-order chi connectivity index (χ1) is 14.0. The number of nitrogens with one attached hydrogen (secondary N) is 1. The molecule has 0 fully saturated rings. The maximum absolute atomic E-state index is 12.6. The molecule has 1 aromatic heterocycles. The maximum Gasteiger partial charge on any atom is 0.251 e. The molecule has 1 N–H and O–H groups in total. The van der Waals surface area contributed by atoms with Crippen LogP contribution in [0, 0.1) is 13.8 Å². The minimum absolute atomic E-state index is 0.179. The van der Waals surface area contributed by atoms with Gasteiger partial charge in [-0.05, 0) is 50.2 Å². The number of carbonyl (C=O) groups is 1. The fraction of sp³-hybridized carbons (Fsp3) is 0.273. The first-order valence-electron chi connectivity index (χ1n) is 9.17. The predicted molar refractivity (Wildman–Crippen MR) is 110 cm³/mol. The van der Waals surface area contributed by atoms with Crippen LogP contribution < -0.4 is 19.5 Å². The van der Waals surface area contributed by atoms with Crippen molar-refractivity contribution in [2.24, 2.45) is 0 Å². The van der Waals surface area contributed by atoms with Gasteiger partial charge < -0.3 is 19.5 Å². The zero-order valence-electron chi connectivity index (χ0n) is 17.3. The molecule has 0 saturated carbocycles. The van der Waals surface area contributed by atoms with Crippen LogP contribution in [0.4, 0.5) is 0 Å². The van der Waals surface area contributed by atoms with Gasteiger partial charge in [0.25, 0.3) is 5.91 Å². The third-order valence-electron chi connectivity index (χ3n) is 4.61. The average molecular weight is 395 g/mol. The van der Waals surface area contributed by atoms with Crippen LogP contribution in [-0.4, -0.2) is 37.0 Å². The third kappa shape index (κ3) is 4.34. The van der Waals surface area contributed by atoms with Crippen LogP contribution in [0.2, 0.25) is 0 Å². The third-order valence-corrected chi connectivity index (χ3v) is 4.61. The summed E-state index contributed by atoms with van der Waals surface area (Å²) in [7, 11) is 4.70. The van der Waals surface area contributed by atoms with E-state index in [1.165, 1.54) is 0 Å². The Morgan fingerprint density at radius 3 is 2.10 bits per heavy atom. The Morgan fingerprint density at radius 2 is 1.55 bits per heavy atom. The van der Waals surface area contributed by atoms with Crippen molar-refractivity contribution in [2.75, 3.05) is 21.3 Å². The van der Waals surface area contributed by atoms with E-state index >= 15 is 0 Å². The normalized spacial score (nSPS) is 10.5. The van der Waals surface area contributed by atoms with Crippen molar-refractivity contribution in [2.45, 2.75) is 20.4 Å². The van der Waals surface area contributed by atoms with Crippen LogP contribution >= 0.6 is 0 Å². The van der Waals surface area contributed by atoms with Crippen LogP contribution in [0.1, 0.15) is 27.3 Å². The first kappa shape index (κ1) is 20.3. The molecule has 7 heteroatoms.